The van der Waals surface area contributed by atoms with Crippen LogP contribution in [0.2, 0.25) is 0 Å². The Bertz CT molecular complexity index is 1870. The van der Waals surface area contributed by atoms with Gasteiger partial charge in [0.2, 0.25) is 5.91 Å². The summed E-state index contributed by atoms with van der Waals surface area (Å²) in [5.74, 6) is -0.295. The van der Waals surface area contributed by atoms with Crippen LogP contribution in [0.15, 0.2) is 170 Å². The molecule has 0 heterocycles. The number of nitrogens with one attached hydrogen (secondary N) is 1. The van der Waals surface area contributed by atoms with E-state index in [2.05, 4.69) is 182 Å². The Hall–Kier alpha value is -4.18. The van der Waals surface area contributed by atoms with Crippen molar-refractivity contribution in [1.82, 2.24) is 5.32 Å². The van der Waals surface area contributed by atoms with Gasteiger partial charge in [0.05, 0.1) is 39.9 Å². The second-order valence-corrected chi connectivity index (χ2v) is 21.9. The number of unbranched alkanes of at least 4 members (excludes halogenated alkanes) is 10. The van der Waals surface area contributed by atoms with Gasteiger partial charge in [-0.3, -0.25) is 13.8 Å². The number of rotatable bonds is 51. The highest BCUT2D eigenvalue weighted by Gasteiger charge is 2.31. The first-order valence-electron chi connectivity index (χ1n) is 29.6. The lowest BCUT2D eigenvalue weighted by atomic mass is 10.0. The summed E-state index contributed by atoms with van der Waals surface area (Å²) in [5.41, 5.74) is 0. The molecule has 4 atom stereocenters. The van der Waals surface area contributed by atoms with Crippen molar-refractivity contribution in [3.8, 4) is 0 Å². The summed E-state index contributed by atoms with van der Waals surface area (Å²) in [6.07, 6.45) is 84.7. The van der Waals surface area contributed by atoms with Crippen LogP contribution >= 0.6 is 7.82 Å². The monoisotopic (exact) mass is 1090 g/mol. The van der Waals surface area contributed by atoms with Crippen LogP contribution in [-0.2, 0) is 18.4 Å². The highest BCUT2D eigenvalue weighted by Crippen LogP contribution is 2.43. The van der Waals surface area contributed by atoms with E-state index in [4.69, 9.17) is 9.05 Å². The predicted octanol–water partition coefficient (Wildman–Crippen LogP) is 17.4. The molecule has 0 aromatic rings. The van der Waals surface area contributed by atoms with Gasteiger partial charge in [0.1, 0.15) is 19.3 Å². The molecule has 0 aliphatic heterocycles. The molecule has 0 radical (unpaired) electrons. The summed E-state index contributed by atoms with van der Waals surface area (Å²) >= 11 is 0. The van der Waals surface area contributed by atoms with Crippen LogP contribution in [0, 0.1) is 0 Å². The van der Waals surface area contributed by atoms with Gasteiger partial charge in [-0.05, 0) is 142 Å². The van der Waals surface area contributed by atoms with Gasteiger partial charge in [-0.2, -0.15) is 0 Å². The quantitative estimate of drug-likeness (QED) is 0.0207. The highest BCUT2D eigenvalue weighted by molar-refractivity contribution is 7.47. The van der Waals surface area contributed by atoms with E-state index in [9.17, 15) is 24.5 Å². The van der Waals surface area contributed by atoms with E-state index in [1.807, 2.05) is 28.1 Å². The number of phosphoric ester groups is 1. The Kier molecular flexibility index (Phi) is 52.2. The first-order valence-corrected chi connectivity index (χ1v) is 31.0. The second-order valence-electron chi connectivity index (χ2n) is 20.4. The summed E-state index contributed by atoms with van der Waals surface area (Å²) in [5, 5.41) is 24.7. The Morgan fingerprint density at radius 2 is 0.831 bits per heavy atom. The van der Waals surface area contributed by atoms with Gasteiger partial charge >= 0.3 is 7.82 Å². The number of hydrogen-bond acceptors (Lipinski definition) is 6. The van der Waals surface area contributed by atoms with E-state index >= 15 is 0 Å². The van der Waals surface area contributed by atoms with E-state index in [0.717, 1.165) is 135 Å². The molecule has 0 aromatic carbocycles. The molecular formula is C67H110N2O7P+. The van der Waals surface area contributed by atoms with Crippen LogP contribution in [0.5, 0.6) is 0 Å². The van der Waals surface area contributed by atoms with Crippen LogP contribution in [0.3, 0.4) is 0 Å². The number of aliphatic hydroxyl groups is 2. The number of amides is 1. The Morgan fingerprint density at radius 1 is 0.481 bits per heavy atom. The van der Waals surface area contributed by atoms with E-state index in [0.29, 0.717) is 30.3 Å². The third kappa shape index (κ3) is 56.4. The van der Waals surface area contributed by atoms with Crippen molar-refractivity contribution in [2.75, 3.05) is 40.9 Å². The maximum atomic E-state index is 13.0. The maximum Gasteiger partial charge on any atom is 0.472 e. The van der Waals surface area contributed by atoms with Crippen molar-refractivity contribution in [3.63, 3.8) is 0 Å². The molecule has 434 valence electrons. The van der Waals surface area contributed by atoms with Crippen LogP contribution in [0.25, 0.3) is 0 Å². The minimum atomic E-state index is -4.45. The molecule has 0 spiro atoms. The van der Waals surface area contributed by atoms with Crippen molar-refractivity contribution in [1.29, 1.82) is 0 Å². The lowest BCUT2D eigenvalue weighted by molar-refractivity contribution is -0.870. The third-order valence-electron chi connectivity index (χ3n) is 12.1. The fourth-order valence-corrected chi connectivity index (χ4v) is 8.22. The molecule has 0 aromatic heterocycles. The topological polar surface area (TPSA) is 125 Å². The predicted molar refractivity (Wildman–Crippen MR) is 333 cm³/mol. The molecule has 9 nitrogen and oxygen atoms in total. The van der Waals surface area contributed by atoms with Gasteiger partial charge in [0.25, 0.3) is 0 Å². The van der Waals surface area contributed by atoms with Gasteiger partial charge in [-0.15, -0.1) is 0 Å². The van der Waals surface area contributed by atoms with Crippen LogP contribution < -0.4 is 5.32 Å². The molecule has 0 saturated carbocycles. The van der Waals surface area contributed by atoms with Crippen molar-refractivity contribution < 1.29 is 38.0 Å². The molecule has 0 aliphatic rings. The first kappa shape index (κ1) is 72.8. The van der Waals surface area contributed by atoms with Gasteiger partial charge in [0, 0.05) is 6.42 Å². The smallest absolute Gasteiger partial charge is 0.390 e. The summed E-state index contributed by atoms with van der Waals surface area (Å²) in [6.45, 7) is 4.20. The second kappa shape index (κ2) is 55.1. The van der Waals surface area contributed by atoms with Gasteiger partial charge in [-0.25, -0.2) is 4.57 Å². The van der Waals surface area contributed by atoms with E-state index < -0.39 is 32.7 Å². The minimum absolute atomic E-state index is 0.000632. The first-order chi connectivity index (χ1) is 37.4. The maximum absolute atomic E-state index is 13.0. The summed E-state index contributed by atoms with van der Waals surface area (Å²) < 4.78 is 23.6. The third-order valence-corrected chi connectivity index (χ3v) is 13.1. The molecule has 0 saturated heterocycles. The minimum Gasteiger partial charge on any atom is -0.390 e. The van der Waals surface area contributed by atoms with Gasteiger partial charge < -0.3 is 24.9 Å². The summed E-state index contributed by atoms with van der Waals surface area (Å²) in [4.78, 5) is 23.3. The molecule has 4 unspecified atom stereocenters. The van der Waals surface area contributed by atoms with Crippen LogP contribution in [-0.4, -0.2) is 84.6 Å². The zero-order valence-electron chi connectivity index (χ0n) is 49.0. The molecule has 4 N–H and O–H groups in total. The number of hydrogen-bond donors (Lipinski definition) is 4. The van der Waals surface area contributed by atoms with E-state index in [-0.39, 0.29) is 18.9 Å². The number of aliphatic hydroxyl groups excluding tert-OH is 2. The zero-order valence-corrected chi connectivity index (χ0v) is 49.9. The number of carbonyl (C=O) groups excluding carboxylic acids is 1. The van der Waals surface area contributed by atoms with Gasteiger partial charge in [-0.1, -0.05) is 209 Å². The lowest BCUT2D eigenvalue weighted by Gasteiger charge is -2.28. The fourth-order valence-electron chi connectivity index (χ4n) is 7.48. The Morgan fingerprint density at radius 3 is 1.25 bits per heavy atom. The molecule has 77 heavy (non-hydrogen) atoms. The lowest BCUT2D eigenvalue weighted by Crippen LogP contribution is -2.51. The molecular weight excluding hydrogens is 976 g/mol. The van der Waals surface area contributed by atoms with Gasteiger partial charge in [0.15, 0.2) is 0 Å². The summed E-state index contributed by atoms with van der Waals surface area (Å²) in [6, 6.07) is -1.08. The molecule has 1 amide bonds. The number of quaternary nitrogens is 1. The number of likely N-dealkylation sites (N-methyl/N-ethyl adjacent to an activating group) is 1. The highest BCUT2D eigenvalue weighted by atomic mass is 31.2. The van der Waals surface area contributed by atoms with Crippen molar-refractivity contribution >= 4 is 13.7 Å². The van der Waals surface area contributed by atoms with E-state index in [1.54, 1.807) is 0 Å². The molecule has 0 bridgehead atoms. The molecule has 10 heteroatoms. The zero-order chi connectivity index (χ0) is 56.4. The largest absolute Gasteiger partial charge is 0.472 e. The SMILES string of the molecule is C/C=C/CC/C=C/CC/C=C/CCCC(O)C(O)C(COP(=O)(O)OCC[N+](C)(C)C)NC(=O)CCCCCCCCC/C=C\C/C=C\C/C=C\C/C=C\C/C=C\C/C=C\C/C=C\C/C=C\C/C=C\C/C=C\C/C=C\CC. The number of allylic oxidation sites excluding steroid dienone is 28. The Balaban J connectivity index is 4.21. The van der Waals surface area contributed by atoms with Crippen LogP contribution in [0.4, 0.5) is 0 Å². The number of nitrogens with zero attached hydrogens (tertiary/aromatic N) is 1. The van der Waals surface area contributed by atoms with Crippen LogP contribution in [0.1, 0.15) is 187 Å². The van der Waals surface area contributed by atoms with Crippen molar-refractivity contribution in [2.24, 2.45) is 0 Å². The fraction of sp³-hybridized carbons (Fsp3) is 0.567. The Labute approximate surface area is 471 Å². The van der Waals surface area contributed by atoms with E-state index in [1.165, 1.54) is 12.8 Å². The normalized spacial score (nSPS) is 15.5. The summed E-state index contributed by atoms with van der Waals surface area (Å²) in [7, 11) is 1.37. The average Bonchev–Trinajstić information content (AvgIpc) is 3.39. The average molecular weight is 1090 g/mol. The molecule has 0 fully saturated rings. The molecule has 0 aliphatic carbocycles. The van der Waals surface area contributed by atoms with Crippen molar-refractivity contribution in [3.05, 3.63) is 170 Å². The number of phosphoric acid groups is 1. The standard InChI is InChI=1S/C67H109N2O7P/c1-6-8-10-12-14-16-18-20-21-22-23-24-25-26-27-28-29-30-31-32-33-34-35-36-37-38-39-40-41-42-43-44-45-46-47-48-50-52-54-56-58-60-66(71)68-64(63-76-77(73,74)75-62-61-69(3,4)5)67(72)65(70)59-57-55-53-51-49-19-17-15-13-11-9-7-2/h7-10,14-17,20-21,23-24,26-27,29-30,32-33,35-36,38-39,41-42,44-45,51,53,64-65,67,70,72H,6,11-13,18-19,22,25,28,31,34,37,40,43,46-50,52,54-63H2,1-5H3,(H-,68,71,73,74)/p+1/b9-7+,10-8-,16-14-,17-15+,21-20-,24-23-,27-26-,30-29-,33-32-,36-35-,39-38-,42-41-,45-44-,53-51+. The molecule has 0 rings (SSSR count). The number of carbonyl (C=O) groups is 1. The van der Waals surface area contributed by atoms with Crippen molar-refractivity contribution in [2.45, 2.75) is 205 Å².